The molecule has 1 aliphatic rings. The molecule has 4 nitrogen and oxygen atoms in total. The van der Waals surface area contributed by atoms with Gasteiger partial charge in [0.1, 0.15) is 5.82 Å². The maximum atomic E-state index is 6.45. The summed E-state index contributed by atoms with van der Waals surface area (Å²) >= 11 is 0. The number of nitrogens with zero attached hydrogens (tertiary/aromatic N) is 3. The molecule has 0 aliphatic carbocycles. The number of hydrogen-bond acceptors (Lipinski definition) is 4. The van der Waals surface area contributed by atoms with Gasteiger partial charge in [0.25, 0.3) is 0 Å². The Bertz CT molecular complexity index is 1120. The molecule has 3 heterocycles. The molecule has 5 rings (SSSR count). The first-order chi connectivity index (χ1) is 13.8. The molecule has 2 N–H and O–H groups in total. The molecule has 2 aromatic heterocycles. The highest BCUT2D eigenvalue weighted by molar-refractivity contribution is 5.96. The number of nitrogen functional groups attached to an aromatic ring is 1. The number of rotatable bonds is 3. The van der Waals surface area contributed by atoms with Crippen molar-refractivity contribution >= 4 is 22.5 Å². The monoisotopic (exact) mass is 366 g/mol. The topological polar surface area (TPSA) is 55.0 Å². The molecule has 0 atom stereocenters. The van der Waals surface area contributed by atoms with E-state index in [1.165, 1.54) is 12.8 Å². The van der Waals surface area contributed by atoms with E-state index in [1.54, 1.807) is 0 Å². The molecule has 0 bridgehead atoms. The van der Waals surface area contributed by atoms with Crippen LogP contribution in [0, 0.1) is 0 Å². The Labute approximate surface area is 164 Å². The third-order valence-electron chi connectivity index (χ3n) is 5.38. The van der Waals surface area contributed by atoms with Gasteiger partial charge in [-0.1, -0.05) is 60.7 Å². The molecular formula is C24H22N4. The van der Waals surface area contributed by atoms with Crippen LogP contribution in [0.5, 0.6) is 0 Å². The van der Waals surface area contributed by atoms with E-state index in [2.05, 4.69) is 35.2 Å². The predicted octanol–water partition coefficient (Wildman–Crippen LogP) is 5.15. The summed E-state index contributed by atoms with van der Waals surface area (Å²) in [5.74, 6) is 0.932. The second kappa shape index (κ2) is 6.97. The molecule has 1 fully saturated rings. The van der Waals surface area contributed by atoms with Gasteiger partial charge >= 0.3 is 0 Å². The summed E-state index contributed by atoms with van der Waals surface area (Å²) in [4.78, 5) is 12.2. The van der Waals surface area contributed by atoms with Crippen molar-refractivity contribution in [3.8, 4) is 22.4 Å². The third kappa shape index (κ3) is 2.97. The Hall–Kier alpha value is -3.40. The van der Waals surface area contributed by atoms with Crippen LogP contribution in [0.4, 0.5) is 11.5 Å². The van der Waals surface area contributed by atoms with Gasteiger partial charge < -0.3 is 10.6 Å². The minimum absolute atomic E-state index is 0.709. The maximum Gasteiger partial charge on any atom is 0.164 e. The van der Waals surface area contributed by atoms with E-state index in [-0.39, 0.29) is 0 Å². The molecule has 1 saturated heterocycles. The van der Waals surface area contributed by atoms with Crippen molar-refractivity contribution in [1.82, 2.24) is 9.97 Å². The van der Waals surface area contributed by atoms with E-state index in [1.807, 2.05) is 42.5 Å². The van der Waals surface area contributed by atoms with Crippen molar-refractivity contribution in [2.45, 2.75) is 12.8 Å². The molecule has 0 radical (unpaired) electrons. The average Bonchev–Trinajstić information content (AvgIpc) is 3.29. The van der Waals surface area contributed by atoms with Crippen LogP contribution in [-0.4, -0.2) is 23.1 Å². The van der Waals surface area contributed by atoms with Crippen LogP contribution in [0.1, 0.15) is 12.8 Å². The highest BCUT2D eigenvalue weighted by atomic mass is 15.2. The van der Waals surface area contributed by atoms with Crippen LogP contribution < -0.4 is 10.6 Å². The Morgan fingerprint density at radius 3 is 2.07 bits per heavy atom. The predicted molar refractivity (Wildman–Crippen MR) is 116 cm³/mol. The van der Waals surface area contributed by atoms with Crippen LogP contribution in [0.3, 0.4) is 0 Å². The molecule has 4 aromatic rings. The lowest BCUT2D eigenvalue weighted by atomic mass is 9.98. The summed E-state index contributed by atoms with van der Waals surface area (Å²) in [7, 11) is 0. The summed E-state index contributed by atoms with van der Waals surface area (Å²) < 4.78 is 0. The van der Waals surface area contributed by atoms with Crippen molar-refractivity contribution in [3.05, 3.63) is 72.8 Å². The Morgan fingerprint density at radius 2 is 1.39 bits per heavy atom. The van der Waals surface area contributed by atoms with Crippen molar-refractivity contribution in [2.75, 3.05) is 23.7 Å². The van der Waals surface area contributed by atoms with Gasteiger partial charge in [-0.15, -0.1) is 0 Å². The minimum atomic E-state index is 0.709. The number of nitrogens with two attached hydrogens (primary N) is 1. The van der Waals surface area contributed by atoms with Gasteiger partial charge in [-0.25, -0.2) is 9.97 Å². The zero-order valence-electron chi connectivity index (χ0n) is 15.7. The molecule has 0 unspecified atom stereocenters. The SMILES string of the molecule is Nc1cc(N2CCCC2)nc2nc(-c3ccccc3)c(-c3ccccc3)cc12. The lowest BCUT2D eigenvalue weighted by molar-refractivity contribution is 0.942. The highest BCUT2D eigenvalue weighted by Crippen LogP contribution is 2.35. The molecule has 0 spiro atoms. The summed E-state index contributed by atoms with van der Waals surface area (Å²) in [6, 6.07) is 24.8. The van der Waals surface area contributed by atoms with Crippen molar-refractivity contribution in [1.29, 1.82) is 0 Å². The normalized spacial score (nSPS) is 13.9. The molecular weight excluding hydrogens is 344 g/mol. The summed E-state index contributed by atoms with van der Waals surface area (Å²) in [6.45, 7) is 2.07. The second-order valence-corrected chi connectivity index (χ2v) is 7.25. The number of hydrogen-bond donors (Lipinski definition) is 1. The quantitative estimate of drug-likeness (QED) is 0.545. The molecule has 2 aromatic carbocycles. The first kappa shape index (κ1) is 16.8. The van der Waals surface area contributed by atoms with Crippen LogP contribution >= 0.6 is 0 Å². The van der Waals surface area contributed by atoms with E-state index in [0.717, 1.165) is 52.4 Å². The standard InChI is InChI=1S/C24H22N4/c25-21-16-22(28-13-7-8-14-28)26-24-20(21)15-19(17-9-3-1-4-10-17)23(27-24)18-11-5-2-6-12-18/h1-6,9-12,15-16H,7-8,13-14H2,(H2,25,26,27). The summed E-state index contributed by atoms with van der Waals surface area (Å²) in [5, 5.41) is 0.904. The fraction of sp³-hybridized carbons (Fsp3) is 0.167. The van der Waals surface area contributed by atoms with E-state index in [9.17, 15) is 0 Å². The van der Waals surface area contributed by atoms with E-state index in [4.69, 9.17) is 15.7 Å². The van der Waals surface area contributed by atoms with Crippen LogP contribution in [0.15, 0.2) is 72.8 Å². The number of anilines is 2. The minimum Gasteiger partial charge on any atom is -0.398 e. The van der Waals surface area contributed by atoms with Crippen LogP contribution in [-0.2, 0) is 0 Å². The Kier molecular flexibility index (Phi) is 4.17. The largest absolute Gasteiger partial charge is 0.398 e. The van der Waals surface area contributed by atoms with Gasteiger partial charge in [0.2, 0.25) is 0 Å². The van der Waals surface area contributed by atoms with Gasteiger partial charge in [-0.05, 0) is 24.5 Å². The van der Waals surface area contributed by atoms with Gasteiger partial charge in [0.15, 0.2) is 5.65 Å². The van der Waals surface area contributed by atoms with Crippen LogP contribution in [0.25, 0.3) is 33.4 Å². The zero-order valence-corrected chi connectivity index (χ0v) is 15.7. The highest BCUT2D eigenvalue weighted by Gasteiger charge is 2.18. The zero-order chi connectivity index (χ0) is 18.9. The Morgan fingerprint density at radius 1 is 0.750 bits per heavy atom. The molecule has 4 heteroatoms. The Balaban J connectivity index is 1.76. The lowest BCUT2D eigenvalue weighted by Crippen LogP contribution is -2.19. The van der Waals surface area contributed by atoms with Crippen molar-refractivity contribution in [3.63, 3.8) is 0 Å². The molecule has 1 aliphatic heterocycles. The second-order valence-electron chi connectivity index (χ2n) is 7.25. The van der Waals surface area contributed by atoms with Gasteiger partial charge in [0, 0.05) is 41.4 Å². The van der Waals surface area contributed by atoms with Crippen molar-refractivity contribution < 1.29 is 0 Å². The van der Waals surface area contributed by atoms with Gasteiger partial charge in [-0.3, -0.25) is 0 Å². The number of benzene rings is 2. The van der Waals surface area contributed by atoms with Gasteiger partial charge in [0.05, 0.1) is 5.69 Å². The van der Waals surface area contributed by atoms with Crippen LogP contribution in [0.2, 0.25) is 0 Å². The first-order valence-corrected chi connectivity index (χ1v) is 9.77. The first-order valence-electron chi connectivity index (χ1n) is 9.77. The van der Waals surface area contributed by atoms with E-state index < -0.39 is 0 Å². The average molecular weight is 366 g/mol. The number of pyridine rings is 2. The van der Waals surface area contributed by atoms with E-state index >= 15 is 0 Å². The molecule has 138 valence electrons. The number of aromatic nitrogens is 2. The molecule has 28 heavy (non-hydrogen) atoms. The fourth-order valence-electron chi connectivity index (χ4n) is 3.92. The van der Waals surface area contributed by atoms with Crippen molar-refractivity contribution in [2.24, 2.45) is 0 Å². The lowest BCUT2D eigenvalue weighted by Gasteiger charge is -2.18. The smallest absolute Gasteiger partial charge is 0.164 e. The molecule has 0 saturated carbocycles. The summed E-state index contributed by atoms with van der Waals surface area (Å²) in [5.41, 5.74) is 12.1. The van der Waals surface area contributed by atoms with Gasteiger partial charge in [-0.2, -0.15) is 0 Å². The maximum absolute atomic E-state index is 6.45. The number of fused-ring (bicyclic) bond motifs is 1. The van der Waals surface area contributed by atoms with E-state index in [0.29, 0.717) is 5.65 Å². The molecule has 0 amide bonds. The summed E-state index contributed by atoms with van der Waals surface area (Å²) in [6.07, 6.45) is 2.41. The fourth-order valence-corrected chi connectivity index (χ4v) is 3.92. The third-order valence-corrected chi connectivity index (χ3v) is 5.38.